The number of amides is 2. The molecule has 2 N–H and O–H groups in total. The lowest BCUT2D eigenvalue weighted by Gasteiger charge is -2.26. The largest absolute Gasteiger partial charge is 0.454 e. The van der Waals surface area contributed by atoms with Crippen molar-refractivity contribution in [2.75, 3.05) is 45.0 Å². The topological polar surface area (TPSA) is 150 Å². The van der Waals surface area contributed by atoms with Gasteiger partial charge >= 0.3 is 5.97 Å². The van der Waals surface area contributed by atoms with Gasteiger partial charge in [-0.15, -0.1) is 0 Å². The zero-order valence-corrected chi connectivity index (χ0v) is 21.8. The molecule has 0 radical (unpaired) electrons. The Hall–Kier alpha value is -3.68. The van der Waals surface area contributed by atoms with Crippen LogP contribution in [-0.2, 0) is 29.1 Å². The molecule has 2 aromatic carbocycles. The third-order valence-corrected chi connectivity index (χ3v) is 7.81. The molecule has 0 bridgehead atoms. The molecular formula is C25H29N3O9S. The summed E-state index contributed by atoms with van der Waals surface area (Å²) in [6.07, 6.45) is 0. The summed E-state index contributed by atoms with van der Waals surface area (Å²) in [5.41, 5.74) is 0.509. The van der Waals surface area contributed by atoms with E-state index in [1.165, 1.54) is 28.6 Å². The molecule has 38 heavy (non-hydrogen) atoms. The molecule has 12 nitrogen and oxygen atoms in total. The highest BCUT2D eigenvalue weighted by atomic mass is 32.2. The van der Waals surface area contributed by atoms with Crippen LogP contribution in [0.25, 0.3) is 0 Å². The lowest BCUT2D eigenvalue weighted by Crippen LogP contribution is -2.46. The van der Waals surface area contributed by atoms with E-state index in [1.54, 1.807) is 32.0 Å². The summed E-state index contributed by atoms with van der Waals surface area (Å²) in [7, 11) is -3.80. The first-order valence-electron chi connectivity index (χ1n) is 12.0. The third kappa shape index (κ3) is 6.41. The van der Waals surface area contributed by atoms with Crippen LogP contribution in [0.15, 0.2) is 47.4 Å². The van der Waals surface area contributed by atoms with Crippen molar-refractivity contribution < 1.29 is 41.7 Å². The lowest BCUT2D eigenvalue weighted by molar-refractivity contribution is -0.150. The Morgan fingerprint density at radius 1 is 1.03 bits per heavy atom. The number of benzene rings is 2. The molecule has 0 aromatic heterocycles. The van der Waals surface area contributed by atoms with Crippen LogP contribution < -0.4 is 20.1 Å². The third-order valence-electron chi connectivity index (χ3n) is 5.91. The quantitative estimate of drug-likeness (QED) is 0.444. The number of carbonyl (C=O) groups is 3. The number of ether oxygens (including phenoxy) is 4. The van der Waals surface area contributed by atoms with E-state index in [-0.39, 0.29) is 36.3 Å². The molecule has 2 aromatic rings. The number of rotatable bonds is 9. The van der Waals surface area contributed by atoms with E-state index >= 15 is 0 Å². The Morgan fingerprint density at radius 2 is 1.76 bits per heavy atom. The summed E-state index contributed by atoms with van der Waals surface area (Å²) in [4.78, 5) is 37.9. The highest BCUT2D eigenvalue weighted by molar-refractivity contribution is 7.89. The van der Waals surface area contributed by atoms with E-state index in [2.05, 4.69) is 10.6 Å². The number of nitrogens with one attached hydrogen (secondary N) is 2. The monoisotopic (exact) mass is 547 g/mol. The van der Waals surface area contributed by atoms with Gasteiger partial charge < -0.3 is 29.6 Å². The van der Waals surface area contributed by atoms with Crippen molar-refractivity contribution in [2.24, 2.45) is 5.92 Å². The van der Waals surface area contributed by atoms with Gasteiger partial charge in [-0.2, -0.15) is 4.31 Å². The molecule has 2 heterocycles. The summed E-state index contributed by atoms with van der Waals surface area (Å²) in [6, 6.07) is 9.39. The molecule has 1 saturated heterocycles. The van der Waals surface area contributed by atoms with Gasteiger partial charge in [-0.05, 0) is 36.2 Å². The number of nitrogens with zero attached hydrogens (tertiary/aromatic N) is 1. The minimum atomic E-state index is -3.80. The SMILES string of the molecule is CC(C)[C@H](NC(=O)c1cccc(S(=O)(=O)N2CCOCC2)c1)C(=O)OCC(=O)Nc1ccc2c(c1)OCO2. The highest BCUT2D eigenvalue weighted by Crippen LogP contribution is 2.34. The van der Waals surface area contributed by atoms with Crippen molar-refractivity contribution in [1.82, 2.24) is 9.62 Å². The van der Waals surface area contributed by atoms with Gasteiger partial charge in [0.2, 0.25) is 16.8 Å². The fourth-order valence-corrected chi connectivity index (χ4v) is 5.31. The molecule has 0 unspecified atom stereocenters. The predicted molar refractivity (Wildman–Crippen MR) is 134 cm³/mol. The van der Waals surface area contributed by atoms with Gasteiger partial charge in [-0.1, -0.05) is 19.9 Å². The number of hydrogen-bond donors (Lipinski definition) is 2. The zero-order valence-electron chi connectivity index (χ0n) is 21.0. The highest BCUT2D eigenvalue weighted by Gasteiger charge is 2.29. The fourth-order valence-electron chi connectivity index (χ4n) is 3.85. The predicted octanol–water partition coefficient (Wildman–Crippen LogP) is 1.37. The maximum absolute atomic E-state index is 12.9. The van der Waals surface area contributed by atoms with Gasteiger partial charge in [-0.25, -0.2) is 13.2 Å². The minimum Gasteiger partial charge on any atom is -0.454 e. The smallest absolute Gasteiger partial charge is 0.329 e. The molecule has 0 saturated carbocycles. The van der Waals surface area contributed by atoms with Crippen LogP contribution in [0.3, 0.4) is 0 Å². The van der Waals surface area contributed by atoms with Gasteiger partial charge in [-0.3, -0.25) is 9.59 Å². The molecular weight excluding hydrogens is 518 g/mol. The number of carbonyl (C=O) groups excluding carboxylic acids is 3. The van der Waals surface area contributed by atoms with Crippen LogP contribution >= 0.6 is 0 Å². The molecule has 1 atom stereocenters. The van der Waals surface area contributed by atoms with Crippen LogP contribution in [0, 0.1) is 5.92 Å². The fraction of sp³-hybridized carbons (Fsp3) is 0.400. The van der Waals surface area contributed by atoms with Crippen molar-refractivity contribution in [3.63, 3.8) is 0 Å². The summed E-state index contributed by atoms with van der Waals surface area (Å²) >= 11 is 0. The van der Waals surface area contributed by atoms with E-state index in [1.807, 2.05) is 0 Å². The zero-order chi connectivity index (χ0) is 27.3. The van der Waals surface area contributed by atoms with Gasteiger partial charge in [0.15, 0.2) is 18.1 Å². The van der Waals surface area contributed by atoms with Crippen molar-refractivity contribution in [2.45, 2.75) is 24.8 Å². The van der Waals surface area contributed by atoms with E-state index in [4.69, 9.17) is 18.9 Å². The number of hydrogen-bond acceptors (Lipinski definition) is 9. The van der Waals surface area contributed by atoms with Crippen LogP contribution in [0.4, 0.5) is 5.69 Å². The molecule has 0 spiro atoms. The molecule has 4 rings (SSSR count). The lowest BCUT2D eigenvalue weighted by atomic mass is 10.0. The average molecular weight is 548 g/mol. The van der Waals surface area contributed by atoms with Gasteiger partial charge in [0.05, 0.1) is 18.1 Å². The molecule has 1 fully saturated rings. The molecule has 2 aliphatic heterocycles. The van der Waals surface area contributed by atoms with Crippen LogP contribution in [0.2, 0.25) is 0 Å². The average Bonchev–Trinajstić information content (AvgIpc) is 3.38. The van der Waals surface area contributed by atoms with Gasteiger partial charge in [0.1, 0.15) is 6.04 Å². The van der Waals surface area contributed by atoms with Crippen LogP contribution in [-0.4, -0.2) is 76.3 Å². The minimum absolute atomic E-state index is 0.0316. The first-order chi connectivity index (χ1) is 18.1. The molecule has 2 aliphatic rings. The maximum Gasteiger partial charge on any atom is 0.329 e. The number of esters is 1. The van der Waals surface area contributed by atoms with Crippen LogP contribution in [0.1, 0.15) is 24.2 Å². The van der Waals surface area contributed by atoms with Crippen molar-refractivity contribution in [3.8, 4) is 11.5 Å². The van der Waals surface area contributed by atoms with Crippen LogP contribution in [0.5, 0.6) is 11.5 Å². The Labute approximate surface area is 220 Å². The van der Waals surface area contributed by atoms with E-state index in [0.717, 1.165) is 0 Å². The Balaban J connectivity index is 1.35. The Bertz CT molecular complexity index is 1310. The van der Waals surface area contributed by atoms with Crippen molar-refractivity contribution in [3.05, 3.63) is 48.0 Å². The first kappa shape index (κ1) is 27.4. The summed E-state index contributed by atoms with van der Waals surface area (Å²) in [5.74, 6) is -1.34. The van der Waals surface area contributed by atoms with E-state index in [9.17, 15) is 22.8 Å². The van der Waals surface area contributed by atoms with Gasteiger partial charge in [0, 0.05) is 30.4 Å². The maximum atomic E-state index is 12.9. The second kappa shape index (κ2) is 11.8. The second-order valence-corrected chi connectivity index (χ2v) is 10.9. The molecule has 0 aliphatic carbocycles. The summed E-state index contributed by atoms with van der Waals surface area (Å²) < 4.78 is 48.1. The van der Waals surface area contributed by atoms with Crippen molar-refractivity contribution in [1.29, 1.82) is 0 Å². The second-order valence-electron chi connectivity index (χ2n) is 8.96. The number of anilines is 1. The van der Waals surface area contributed by atoms with Gasteiger partial charge in [0.25, 0.3) is 11.8 Å². The number of fused-ring (bicyclic) bond motifs is 1. The normalized spacial score (nSPS) is 16.1. The summed E-state index contributed by atoms with van der Waals surface area (Å²) in [6.45, 7) is 3.99. The summed E-state index contributed by atoms with van der Waals surface area (Å²) in [5, 5.41) is 5.19. The Morgan fingerprint density at radius 3 is 2.50 bits per heavy atom. The number of sulfonamides is 1. The van der Waals surface area contributed by atoms with E-state index < -0.39 is 40.5 Å². The molecule has 204 valence electrons. The number of morpholine rings is 1. The molecule has 2 amide bonds. The first-order valence-corrected chi connectivity index (χ1v) is 13.4. The standard InChI is InChI=1S/C25H29N3O9S/c1-16(2)23(25(31)35-14-22(29)26-18-6-7-20-21(13-18)37-15-36-20)27-24(30)17-4-3-5-19(12-17)38(32,33)28-8-10-34-11-9-28/h3-7,12-13,16,23H,8-11,14-15H2,1-2H3,(H,26,29)(H,27,30)/t23-/m0/s1. The molecule has 13 heteroatoms. The van der Waals surface area contributed by atoms with Crippen molar-refractivity contribution >= 4 is 33.5 Å². The Kier molecular flexibility index (Phi) is 8.49. The van der Waals surface area contributed by atoms with E-state index in [0.29, 0.717) is 30.4 Å².